The SMILES string of the molecule is C=C/N=C(/NC)C(/C=C\C)=C(C)C. The molecule has 0 rings (SSSR count). The average Bonchev–Trinajstić information content (AvgIpc) is 2.10. The van der Waals surface area contributed by atoms with E-state index in [4.69, 9.17) is 0 Å². The molecule has 0 aliphatic rings. The Hall–Kier alpha value is -1.31. The van der Waals surface area contributed by atoms with Crippen LogP contribution in [0.4, 0.5) is 0 Å². The predicted octanol–water partition coefficient (Wildman–Crippen LogP) is 2.66. The molecule has 0 spiro atoms. The summed E-state index contributed by atoms with van der Waals surface area (Å²) >= 11 is 0. The van der Waals surface area contributed by atoms with Gasteiger partial charge in [0.1, 0.15) is 5.84 Å². The van der Waals surface area contributed by atoms with Crippen LogP contribution in [0.1, 0.15) is 20.8 Å². The smallest absolute Gasteiger partial charge is 0.132 e. The van der Waals surface area contributed by atoms with Crippen molar-refractivity contribution >= 4 is 5.84 Å². The summed E-state index contributed by atoms with van der Waals surface area (Å²) < 4.78 is 0. The van der Waals surface area contributed by atoms with Crippen molar-refractivity contribution in [2.45, 2.75) is 20.8 Å². The largest absolute Gasteiger partial charge is 0.373 e. The third kappa shape index (κ3) is 3.74. The van der Waals surface area contributed by atoms with Gasteiger partial charge in [0, 0.05) is 18.8 Å². The predicted molar refractivity (Wildman–Crippen MR) is 59.9 cm³/mol. The van der Waals surface area contributed by atoms with Crippen LogP contribution in [0.2, 0.25) is 0 Å². The third-order valence-corrected chi connectivity index (χ3v) is 1.58. The van der Waals surface area contributed by atoms with Crippen molar-refractivity contribution in [3.05, 3.63) is 36.1 Å². The monoisotopic (exact) mass is 178 g/mol. The van der Waals surface area contributed by atoms with Gasteiger partial charge in [0.25, 0.3) is 0 Å². The molecule has 2 heteroatoms. The van der Waals surface area contributed by atoms with E-state index in [9.17, 15) is 0 Å². The molecule has 0 amide bonds. The average molecular weight is 178 g/mol. The van der Waals surface area contributed by atoms with Crippen LogP contribution < -0.4 is 5.32 Å². The molecule has 72 valence electrons. The van der Waals surface area contributed by atoms with E-state index in [1.54, 1.807) is 0 Å². The Balaban J connectivity index is 5.05. The van der Waals surface area contributed by atoms with Gasteiger partial charge in [-0.25, -0.2) is 4.99 Å². The molecular formula is C11H18N2. The normalized spacial score (nSPS) is 11.5. The molecule has 0 saturated heterocycles. The highest BCUT2D eigenvalue weighted by molar-refractivity contribution is 6.01. The van der Waals surface area contributed by atoms with E-state index in [0.717, 1.165) is 11.4 Å². The number of hydrogen-bond acceptors (Lipinski definition) is 1. The van der Waals surface area contributed by atoms with Crippen LogP contribution in [0.5, 0.6) is 0 Å². The Labute approximate surface area is 80.8 Å². The minimum absolute atomic E-state index is 0.855. The van der Waals surface area contributed by atoms with Crippen molar-refractivity contribution < 1.29 is 0 Å². The zero-order valence-corrected chi connectivity index (χ0v) is 8.89. The Bertz CT molecular complexity index is 253. The molecule has 0 aliphatic heterocycles. The topological polar surface area (TPSA) is 24.4 Å². The van der Waals surface area contributed by atoms with Crippen molar-refractivity contribution in [2.75, 3.05) is 7.05 Å². The quantitative estimate of drug-likeness (QED) is 0.401. The molecule has 2 nitrogen and oxygen atoms in total. The van der Waals surface area contributed by atoms with Crippen LogP contribution >= 0.6 is 0 Å². The lowest BCUT2D eigenvalue weighted by Gasteiger charge is -2.07. The summed E-state index contributed by atoms with van der Waals surface area (Å²) in [5.41, 5.74) is 2.35. The first-order valence-corrected chi connectivity index (χ1v) is 4.34. The Kier molecular flexibility index (Phi) is 5.60. The van der Waals surface area contributed by atoms with Crippen molar-refractivity contribution in [3.63, 3.8) is 0 Å². The molecule has 0 atom stereocenters. The molecule has 0 heterocycles. The second kappa shape index (κ2) is 6.23. The molecule has 0 aliphatic carbocycles. The number of nitrogens with zero attached hydrogens (tertiary/aromatic N) is 1. The molecule has 0 saturated carbocycles. The number of nitrogens with one attached hydrogen (secondary N) is 1. The Morgan fingerprint density at radius 1 is 1.38 bits per heavy atom. The number of hydrogen-bond donors (Lipinski definition) is 1. The highest BCUT2D eigenvalue weighted by Gasteiger charge is 2.01. The van der Waals surface area contributed by atoms with Gasteiger partial charge in [0.05, 0.1) is 0 Å². The molecule has 0 fully saturated rings. The molecule has 13 heavy (non-hydrogen) atoms. The van der Waals surface area contributed by atoms with Crippen LogP contribution in [0.15, 0.2) is 41.1 Å². The molecule has 0 unspecified atom stereocenters. The lowest BCUT2D eigenvalue weighted by atomic mass is 10.1. The molecule has 0 aromatic carbocycles. The summed E-state index contributed by atoms with van der Waals surface area (Å²) in [5, 5.41) is 3.04. The summed E-state index contributed by atoms with van der Waals surface area (Å²) in [6.07, 6.45) is 5.57. The maximum absolute atomic E-state index is 4.14. The summed E-state index contributed by atoms with van der Waals surface area (Å²) in [6, 6.07) is 0. The zero-order chi connectivity index (χ0) is 10.3. The van der Waals surface area contributed by atoms with E-state index in [1.807, 2.05) is 26.1 Å². The first kappa shape index (κ1) is 11.7. The van der Waals surface area contributed by atoms with Gasteiger partial charge in [-0.2, -0.15) is 0 Å². The summed E-state index contributed by atoms with van der Waals surface area (Å²) in [5.74, 6) is 0.855. The first-order valence-electron chi connectivity index (χ1n) is 4.34. The van der Waals surface area contributed by atoms with Crippen molar-refractivity contribution in [2.24, 2.45) is 4.99 Å². The van der Waals surface area contributed by atoms with Gasteiger partial charge in [-0.15, -0.1) is 0 Å². The van der Waals surface area contributed by atoms with Crippen molar-refractivity contribution in [1.82, 2.24) is 5.32 Å². The fourth-order valence-corrected chi connectivity index (χ4v) is 1.01. The fraction of sp³-hybridized carbons (Fsp3) is 0.364. The maximum atomic E-state index is 4.14. The van der Waals surface area contributed by atoms with Crippen LogP contribution in [0.25, 0.3) is 0 Å². The van der Waals surface area contributed by atoms with Gasteiger partial charge in [-0.05, 0) is 20.8 Å². The lowest BCUT2D eigenvalue weighted by molar-refractivity contribution is 1.15. The molecule has 0 aromatic rings. The molecule has 0 radical (unpaired) electrons. The Morgan fingerprint density at radius 2 is 2.00 bits per heavy atom. The lowest BCUT2D eigenvalue weighted by Crippen LogP contribution is -2.20. The first-order chi connectivity index (χ1) is 6.17. The van der Waals surface area contributed by atoms with Gasteiger partial charge < -0.3 is 5.32 Å². The number of amidine groups is 1. The highest BCUT2D eigenvalue weighted by Crippen LogP contribution is 2.06. The fourth-order valence-electron chi connectivity index (χ4n) is 1.01. The van der Waals surface area contributed by atoms with Gasteiger partial charge in [0.15, 0.2) is 0 Å². The van der Waals surface area contributed by atoms with Gasteiger partial charge in [-0.3, -0.25) is 0 Å². The molecule has 1 N–H and O–H groups in total. The number of likely N-dealkylation sites (N-methyl/N-ethyl adjacent to an activating group) is 1. The van der Waals surface area contributed by atoms with Crippen molar-refractivity contribution in [1.29, 1.82) is 0 Å². The molecule has 0 bridgehead atoms. The third-order valence-electron chi connectivity index (χ3n) is 1.58. The number of aliphatic imine (C=N–C) groups is 1. The van der Waals surface area contributed by atoms with E-state index in [2.05, 4.69) is 30.7 Å². The molecular weight excluding hydrogens is 160 g/mol. The van der Waals surface area contributed by atoms with Crippen LogP contribution in [0.3, 0.4) is 0 Å². The minimum Gasteiger partial charge on any atom is -0.373 e. The van der Waals surface area contributed by atoms with E-state index in [1.165, 1.54) is 11.8 Å². The van der Waals surface area contributed by atoms with E-state index < -0.39 is 0 Å². The van der Waals surface area contributed by atoms with Crippen LogP contribution in [-0.4, -0.2) is 12.9 Å². The van der Waals surface area contributed by atoms with Gasteiger partial charge in [0.2, 0.25) is 0 Å². The van der Waals surface area contributed by atoms with E-state index in [-0.39, 0.29) is 0 Å². The summed E-state index contributed by atoms with van der Waals surface area (Å²) in [4.78, 5) is 4.14. The second-order valence-corrected chi connectivity index (χ2v) is 2.82. The zero-order valence-electron chi connectivity index (χ0n) is 8.89. The van der Waals surface area contributed by atoms with Crippen LogP contribution in [0, 0.1) is 0 Å². The number of rotatable bonds is 3. The standard InChI is InChI=1S/C11H18N2/c1-6-8-10(9(3)4)11(12-5)13-7-2/h6-8H,2H2,1,3-5H3,(H,12,13)/b8-6-. The second-order valence-electron chi connectivity index (χ2n) is 2.82. The van der Waals surface area contributed by atoms with Gasteiger partial charge >= 0.3 is 0 Å². The van der Waals surface area contributed by atoms with Crippen LogP contribution in [-0.2, 0) is 0 Å². The maximum Gasteiger partial charge on any atom is 0.132 e. The summed E-state index contributed by atoms with van der Waals surface area (Å²) in [7, 11) is 1.86. The van der Waals surface area contributed by atoms with Gasteiger partial charge in [-0.1, -0.05) is 24.3 Å². The highest BCUT2D eigenvalue weighted by atomic mass is 15.0. The Morgan fingerprint density at radius 3 is 2.31 bits per heavy atom. The van der Waals surface area contributed by atoms with Crippen molar-refractivity contribution in [3.8, 4) is 0 Å². The molecule has 0 aromatic heterocycles. The van der Waals surface area contributed by atoms with E-state index in [0.29, 0.717) is 0 Å². The van der Waals surface area contributed by atoms with E-state index >= 15 is 0 Å². The summed E-state index contributed by atoms with van der Waals surface area (Å²) in [6.45, 7) is 9.69. The number of allylic oxidation sites excluding steroid dienone is 2. The minimum atomic E-state index is 0.855.